The number of halogens is 1. The van der Waals surface area contributed by atoms with Gasteiger partial charge in [0.15, 0.2) is 5.78 Å². The van der Waals surface area contributed by atoms with E-state index in [1.54, 1.807) is 24.3 Å². The number of hydrogen-bond acceptors (Lipinski definition) is 3. The highest BCUT2D eigenvalue weighted by molar-refractivity contribution is 6.09. The van der Waals surface area contributed by atoms with Crippen molar-refractivity contribution in [2.75, 3.05) is 0 Å². The van der Waals surface area contributed by atoms with Gasteiger partial charge >= 0.3 is 0 Å². The summed E-state index contributed by atoms with van der Waals surface area (Å²) in [6, 6.07) is 21.6. The Balaban J connectivity index is 1.51. The van der Waals surface area contributed by atoms with E-state index < -0.39 is 6.10 Å². The lowest BCUT2D eigenvalue weighted by atomic mass is 10.0. The summed E-state index contributed by atoms with van der Waals surface area (Å²) in [5.74, 6) is -0.282. The highest BCUT2D eigenvalue weighted by Gasteiger charge is 2.29. The minimum Gasteiger partial charge on any atom is -0.476 e. The number of carbonyl (C=O) groups excluding carboxylic acids is 2. The molecule has 0 heterocycles. The third-order valence-electron chi connectivity index (χ3n) is 4.74. The second-order valence-corrected chi connectivity index (χ2v) is 7.05. The molecule has 1 fully saturated rings. The van der Waals surface area contributed by atoms with Crippen LogP contribution in [0, 0.1) is 5.82 Å². The molecule has 1 saturated carbocycles. The molecule has 1 N–H and O–H groups in total. The van der Waals surface area contributed by atoms with Gasteiger partial charge in [-0.15, -0.1) is 0 Å². The summed E-state index contributed by atoms with van der Waals surface area (Å²) < 4.78 is 19.0. The fourth-order valence-electron chi connectivity index (χ4n) is 2.99. The molecule has 0 radical (unpaired) electrons. The van der Waals surface area contributed by atoms with Crippen LogP contribution in [-0.4, -0.2) is 17.7 Å². The van der Waals surface area contributed by atoms with Crippen LogP contribution in [0.1, 0.15) is 40.4 Å². The van der Waals surface area contributed by atoms with E-state index >= 15 is 0 Å². The highest BCUT2D eigenvalue weighted by Crippen LogP contribution is 2.26. The van der Waals surface area contributed by atoms with Gasteiger partial charge in [0.2, 0.25) is 6.10 Å². The summed E-state index contributed by atoms with van der Waals surface area (Å²) >= 11 is 0. The molecule has 0 aromatic heterocycles. The normalized spacial score (nSPS) is 14.1. The minimum absolute atomic E-state index is 0.176. The SMILES string of the molecule is O=C(c1ccc(F)cc1)c1ccc(O[C@H](C(=O)NC2CC2)c2ccccc2)cc1. The van der Waals surface area contributed by atoms with Gasteiger partial charge in [0.1, 0.15) is 11.6 Å². The molecule has 4 rings (SSSR count). The lowest BCUT2D eigenvalue weighted by Crippen LogP contribution is -2.33. The van der Waals surface area contributed by atoms with Gasteiger partial charge in [-0.25, -0.2) is 4.39 Å². The Morgan fingerprint density at radius 2 is 1.45 bits per heavy atom. The number of rotatable bonds is 7. The highest BCUT2D eigenvalue weighted by atomic mass is 19.1. The molecule has 146 valence electrons. The van der Waals surface area contributed by atoms with Gasteiger partial charge in [0, 0.05) is 22.7 Å². The van der Waals surface area contributed by atoms with E-state index in [0.29, 0.717) is 16.9 Å². The fourth-order valence-corrected chi connectivity index (χ4v) is 2.99. The Morgan fingerprint density at radius 3 is 2.03 bits per heavy atom. The van der Waals surface area contributed by atoms with Crippen LogP contribution in [0.3, 0.4) is 0 Å². The predicted molar refractivity (Wildman–Crippen MR) is 107 cm³/mol. The van der Waals surface area contributed by atoms with E-state index in [9.17, 15) is 14.0 Å². The van der Waals surface area contributed by atoms with Crippen LogP contribution in [0.25, 0.3) is 0 Å². The van der Waals surface area contributed by atoms with Gasteiger partial charge in [-0.05, 0) is 61.4 Å². The zero-order chi connectivity index (χ0) is 20.2. The molecule has 0 spiro atoms. The quantitative estimate of drug-likeness (QED) is 0.607. The number of ether oxygens (including phenoxy) is 1. The Labute approximate surface area is 168 Å². The van der Waals surface area contributed by atoms with Crippen LogP contribution >= 0.6 is 0 Å². The van der Waals surface area contributed by atoms with Gasteiger partial charge in [0.05, 0.1) is 0 Å². The van der Waals surface area contributed by atoms with Crippen molar-refractivity contribution in [2.45, 2.75) is 25.0 Å². The van der Waals surface area contributed by atoms with Crippen LogP contribution in [0.2, 0.25) is 0 Å². The molecular weight excluding hydrogens is 369 g/mol. The maximum absolute atomic E-state index is 13.1. The van der Waals surface area contributed by atoms with E-state index in [1.165, 1.54) is 24.3 Å². The molecule has 1 aliphatic rings. The molecule has 0 unspecified atom stereocenters. The second-order valence-electron chi connectivity index (χ2n) is 7.05. The van der Waals surface area contributed by atoms with Crippen LogP contribution < -0.4 is 10.1 Å². The van der Waals surface area contributed by atoms with Crippen molar-refractivity contribution in [3.05, 3.63) is 101 Å². The standard InChI is InChI=1S/C24H20FNO3/c25-19-10-6-16(7-11-19)22(27)17-8-14-21(15-9-17)29-23(18-4-2-1-3-5-18)24(28)26-20-12-13-20/h1-11,14-15,20,23H,12-13H2,(H,26,28)/t23-/m0/s1. The first kappa shape index (κ1) is 18.9. The molecule has 29 heavy (non-hydrogen) atoms. The number of amides is 1. The van der Waals surface area contributed by atoms with Crippen LogP contribution in [0.15, 0.2) is 78.9 Å². The van der Waals surface area contributed by atoms with Crippen molar-refractivity contribution in [3.63, 3.8) is 0 Å². The van der Waals surface area contributed by atoms with E-state index in [-0.39, 0.29) is 23.5 Å². The first-order valence-corrected chi connectivity index (χ1v) is 9.52. The molecule has 3 aromatic rings. The average Bonchev–Trinajstić information content (AvgIpc) is 3.57. The molecule has 3 aromatic carbocycles. The average molecular weight is 389 g/mol. The molecule has 5 heteroatoms. The zero-order valence-electron chi connectivity index (χ0n) is 15.7. The van der Waals surface area contributed by atoms with Crippen molar-refractivity contribution in [3.8, 4) is 5.75 Å². The Hall–Kier alpha value is -3.47. The maximum atomic E-state index is 13.1. The molecule has 0 aliphatic heterocycles. The van der Waals surface area contributed by atoms with Gasteiger partial charge in [0.25, 0.3) is 5.91 Å². The Bertz CT molecular complexity index is 997. The summed E-state index contributed by atoms with van der Waals surface area (Å²) in [5.41, 5.74) is 1.63. The van der Waals surface area contributed by atoms with Crippen molar-refractivity contribution >= 4 is 11.7 Å². The molecule has 1 atom stereocenters. The van der Waals surface area contributed by atoms with Gasteiger partial charge < -0.3 is 10.1 Å². The molecule has 0 saturated heterocycles. The van der Waals surface area contributed by atoms with E-state index in [0.717, 1.165) is 18.4 Å². The monoisotopic (exact) mass is 389 g/mol. The lowest BCUT2D eigenvalue weighted by molar-refractivity contribution is -0.128. The van der Waals surface area contributed by atoms with E-state index in [4.69, 9.17) is 4.74 Å². The number of carbonyl (C=O) groups is 2. The maximum Gasteiger partial charge on any atom is 0.266 e. The van der Waals surface area contributed by atoms with Gasteiger partial charge in [-0.3, -0.25) is 9.59 Å². The smallest absolute Gasteiger partial charge is 0.266 e. The summed E-state index contributed by atoms with van der Waals surface area (Å²) in [6.45, 7) is 0. The van der Waals surface area contributed by atoms with Crippen molar-refractivity contribution in [1.82, 2.24) is 5.32 Å². The van der Waals surface area contributed by atoms with Crippen LogP contribution in [0.4, 0.5) is 4.39 Å². The minimum atomic E-state index is -0.768. The zero-order valence-corrected chi connectivity index (χ0v) is 15.7. The molecular formula is C24H20FNO3. The largest absolute Gasteiger partial charge is 0.476 e. The van der Waals surface area contributed by atoms with Crippen LogP contribution in [-0.2, 0) is 4.79 Å². The Kier molecular flexibility index (Phi) is 5.38. The predicted octanol–water partition coefficient (Wildman–Crippen LogP) is 4.46. The number of hydrogen-bond donors (Lipinski definition) is 1. The molecule has 1 aliphatic carbocycles. The summed E-state index contributed by atoms with van der Waals surface area (Å²) in [6.07, 6.45) is 1.22. The van der Waals surface area contributed by atoms with Crippen molar-refractivity contribution in [1.29, 1.82) is 0 Å². The van der Waals surface area contributed by atoms with Gasteiger partial charge in [-0.2, -0.15) is 0 Å². The topological polar surface area (TPSA) is 55.4 Å². The molecule has 0 bridgehead atoms. The lowest BCUT2D eigenvalue weighted by Gasteiger charge is -2.19. The van der Waals surface area contributed by atoms with Crippen molar-refractivity contribution < 1.29 is 18.7 Å². The first-order chi connectivity index (χ1) is 14.1. The van der Waals surface area contributed by atoms with Gasteiger partial charge in [-0.1, -0.05) is 30.3 Å². The molecule has 4 nitrogen and oxygen atoms in total. The summed E-state index contributed by atoms with van der Waals surface area (Å²) in [7, 11) is 0. The van der Waals surface area contributed by atoms with Crippen LogP contribution in [0.5, 0.6) is 5.75 Å². The first-order valence-electron chi connectivity index (χ1n) is 9.52. The Morgan fingerprint density at radius 1 is 0.862 bits per heavy atom. The number of benzene rings is 3. The summed E-state index contributed by atoms with van der Waals surface area (Å²) in [5, 5.41) is 2.98. The third-order valence-corrected chi connectivity index (χ3v) is 4.74. The number of ketones is 1. The second kappa shape index (κ2) is 8.27. The summed E-state index contributed by atoms with van der Waals surface area (Å²) in [4.78, 5) is 25.2. The van der Waals surface area contributed by atoms with E-state index in [2.05, 4.69) is 5.32 Å². The number of nitrogens with one attached hydrogen (secondary N) is 1. The van der Waals surface area contributed by atoms with Crippen molar-refractivity contribution in [2.24, 2.45) is 0 Å². The third kappa shape index (κ3) is 4.69. The fraction of sp³-hybridized carbons (Fsp3) is 0.167. The van der Waals surface area contributed by atoms with E-state index in [1.807, 2.05) is 30.3 Å². The molecule has 1 amide bonds.